The summed E-state index contributed by atoms with van der Waals surface area (Å²) in [5, 5.41) is 3.05. The molecule has 1 amide bonds. The van der Waals surface area contributed by atoms with Crippen molar-refractivity contribution in [2.24, 2.45) is 11.7 Å². The molecule has 1 aliphatic carbocycles. The number of methoxy groups -OCH3 is 2. The first-order valence-corrected chi connectivity index (χ1v) is 7.43. The monoisotopic (exact) mass is 292 g/mol. The van der Waals surface area contributed by atoms with E-state index in [0.29, 0.717) is 29.5 Å². The zero-order chi connectivity index (χ0) is 15.2. The normalized spacial score (nSPS) is 16.5. The van der Waals surface area contributed by atoms with Gasteiger partial charge in [-0.3, -0.25) is 4.79 Å². The predicted molar refractivity (Wildman–Crippen MR) is 81.8 cm³/mol. The van der Waals surface area contributed by atoms with Crippen LogP contribution in [0.5, 0.6) is 11.5 Å². The third-order valence-corrected chi connectivity index (χ3v) is 4.19. The molecule has 116 valence electrons. The molecule has 1 fully saturated rings. The molecule has 0 aromatic heterocycles. The van der Waals surface area contributed by atoms with Crippen molar-refractivity contribution in [2.75, 3.05) is 20.8 Å². The Hall–Kier alpha value is -1.75. The van der Waals surface area contributed by atoms with Crippen LogP contribution >= 0.6 is 0 Å². The fourth-order valence-electron chi connectivity index (χ4n) is 3.04. The smallest absolute Gasteiger partial charge is 0.259 e. The third kappa shape index (κ3) is 3.47. The summed E-state index contributed by atoms with van der Waals surface area (Å²) >= 11 is 0. The molecular weight excluding hydrogens is 268 g/mol. The van der Waals surface area contributed by atoms with Gasteiger partial charge in [0, 0.05) is 12.6 Å². The molecule has 0 aliphatic heterocycles. The van der Waals surface area contributed by atoms with Crippen LogP contribution in [-0.2, 0) is 0 Å². The van der Waals surface area contributed by atoms with Crippen LogP contribution in [0.1, 0.15) is 36.0 Å². The van der Waals surface area contributed by atoms with E-state index >= 15 is 0 Å². The van der Waals surface area contributed by atoms with Gasteiger partial charge in [-0.15, -0.1) is 0 Å². The molecule has 0 spiro atoms. The van der Waals surface area contributed by atoms with Gasteiger partial charge in [0.1, 0.15) is 17.1 Å². The lowest BCUT2D eigenvalue weighted by atomic mass is 9.97. The van der Waals surface area contributed by atoms with E-state index < -0.39 is 0 Å². The number of carbonyl (C=O) groups is 1. The molecule has 1 aromatic carbocycles. The van der Waals surface area contributed by atoms with Crippen molar-refractivity contribution < 1.29 is 14.3 Å². The van der Waals surface area contributed by atoms with Crippen LogP contribution in [0.4, 0.5) is 0 Å². The topological polar surface area (TPSA) is 73.6 Å². The summed E-state index contributed by atoms with van der Waals surface area (Å²) < 4.78 is 10.6. The fourth-order valence-corrected chi connectivity index (χ4v) is 3.04. The maximum atomic E-state index is 12.6. The van der Waals surface area contributed by atoms with Crippen molar-refractivity contribution in [3.63, 3.8) is 0 Å². The zero-order valence-corrected chi connectivity index (χ0v) is 12.7. The molecule has 0 radical (unpaired) electrons. The first-order chi connectivity index (χ1) is 10.2. The molecule has 0 bridgehead atoms. The van der Waals surface area contributed by atoms with Gasteiger partial charge in [0.15, 0.2) is 0 Å². The Morgan fingerprint density at radius 1 is 1.29 bits per heavy atom. The van der Waals surface area contributed by atoms with Crippen molar-refractivity contribution in [1.82, 2.24) is 5.32 Å². The van der Waals surface area contributed by atoms with E-state index in [-0.39, 0.29) is 11.9 Å². The van der Waals surface area contributed by atoms with Gasteiger partial charge >= 0.3 is 0 Å². The summed E-state index contributed by atoms with van der Waals surface area (Å²) in [6.07, 6.45) is 4.69. The SMILES string of the molecule is COc1cccc(OC)c1C(=O)NC(CN)C1CCCC1. The Balaban J connectivity index is 2.18. The Kier molecular flexibility index (Phi) is 5.44. The molecule has 1 aliphatic rings. The van der Waals surface area contributed by atoms with Gasteiger partial charge < -0.3 is 20.5 Å². The maximum absolute atomic E-state index is 12.6. The molecule has 1 aromatic rings. The summed E-state index contributed by atoms with van der Waals surface area (Å²) in [6.45, 7) is 0.452. The van der Waals surface area contributed by atoms with Crippen LogP contribution < -0.4 is 20.5 Å². The van der Waals surface area contributed by atoms with Crippen molar-refractivity contribution in [2.45, 2.75) is 31.7 Å². The highest BCUT2D eigenvalue weighted by molar-refractivity contribution is 5.99. The number of nitrogens with one attached hydrogen (secondary N) is 1. The first-order valence-electron chi connectivity index (χ1n) is 7.43. The lowest BCUT2D eigenvalue weighted by Crippen LogP contribution is -2.44. The summed E-state index contributed by atoms with van der Waals surface area (Å²) in [5.74, 6) is 1.30. The van der Waals surface area contributed by atoms with E-state index in [1.807, 2.05) is 0 Å². The van der Waals surface area contributed by atoms with E-state index in [9.17, 15) is 4.79 Å². The van der Waals surface area contributed by atoms with Crippen LogP contribution in [0.25, 0.3) is 0 Å². The molecule has 5 heteroatoms. The van der Waals surface area contributed by atoms with E-state index in [1.165, 1.54) is 12.8 Å². The van der Waals surface area contributed by atoms with Crippen LogP contribution in [0.2, 0.25) is 0 Å². The van der Waals surface area contributed by atoms with Gasteiger partial charge in [0.2, 0.25) is 0 Å². The van der Waals surface area contributed by atoms with E-state index in [4.69, 9.17) is 15.2 Å². The number of rotatable bonds is 6. The molecule has 2 rings (SSSR count). The van der Waals surface area contributed by atoms with E-state index in [0.717, 1.165) is 12.8 Å². The van der Waals surface area contributed by atoms with Gasteiger partial charge in [-0.2, -0.15) is 0 Å². The second-order valence-corrected chi connectivity index (χ2v) is 5.40. The lowest BCUT2D eigenvalue weighted by molar-refractivity contribution is 0.0918. The van der Waals surface area contributed by atoms with Crippen LogP contribution in [0.3, 0.4) is 0 Å². The minimum absolute atomic E-state index is 0.00891. The highest BCUT2D eigenvalue weighted by atomic mass is 16.5. The fraction of sp³-hybridized carbons (Fsp3) is 0.562. The maximum Gasteiger partial charge on any atom is 0.259 e. The largest absolute Gasteiger partial charge is 0.496 e. The standard InChI is InChI=1S/C16H24N2O3/c1-20-13-8-5-9-14(21-2)15(13)16(19)18-12(10-17)11-6-3-4-7-11/h5,8-9,11-12H,3-4,6-7,10,17H2,1-2H3,(H,18,19). The minimum atomic E-state index is -0.188. The predicted octanol–water partition coefficient (Wildman–Crippen LogP) is 1.95. The van der Waals surface area contributed by atoms with Crippen molar-refractivity contribution in [1.29, 1.82) is 0 Å². The molecule has 1 atom stereocenters. The average molecular weight is 292 g/mol. The second-order valence-electron chi connectivity index (χ2n) is 5.40. The van der Waals surface area contributed by atoms with Gasteiger partial charge in [0.05, 0.1) is 14.2 Å². The highest BCUT2D eigenvalue weighted by Crippen LogP contribution is 2.30. The molecule has 1 saturated carbocycles. The molecule has 3 N–H and O–H groups in total. The lowest BCUT2D eigenvalue weighted by Gasteiger charge is -2.24. The molecule has 0 heterocycles. The Morgan fingerprint density at radius 2 is 1.86 bits per heavy atom. The number of hydrogen-bond donors (Lipinski definition) is 2. The Morgan fingerprint density at radius 3 is 2.33 bits per heavy atom. The molecule has 1 unspecified atom stereocenters. The van der Waals surface area contributed by atoms with Gasteiger partial charge in [-0.25, -0.2) is 0 Å². The number of amides is 1. The summed E-state index contributed by atoms with van der Waals surface area (Å²) in [6, 6.07) is 5.32. The van der Waals surface area contributed by atoms with E-state index in [2.05, 4.69) is 5.32 Å². The third-order valence-electron chi connectivity index (χ3n) is 4.19. The van der Waals surface area contributed by atoms with Crippen molar-refractivity contribution in [3.05, 3.63) is 23.8 Å². The number of hydrogen-bond acceptors (Lipinski definition) is 4. The van der Waals surface area contributed by atoms with Crippen molar-refractivity contribution >= 4 is 5.91 Å². The van der Waals surface area contributed by atoms with E-state index in [1.54, 1.807) is 32.4 Å². The first kappa shape index (κ1) is 15.6. The number of ether oxygens (including phenoxy) is 2. The van der Waals surface area contributed by atoms with Crippen LogP contribution in [0, 0.1) is 5.92 Å². The highest BCUT2D eigenvalue weighted by Gasteiger charge is 2.27. The van der Waals surface area contributed by atoms with Crippen LogP contribution in [-0.4, -0.2) is 32.7 Å². The van der Waals surface area contributed by atoms with Crippen LogP contribution in [0.15, 0.2) is 18.2 Å². The molecule has 5 nitrogen and oxygen atoms in total. The number of benzene rings is 1. The Labute approximate surface area is 125 Å². The quantitative estimate of drug-likeness (QED) is 0.840. The number of carbonyl (C=O) groups excluding carboxylic acids is 1. The summed E-state index contributed by atoms with van der Waals surface area (Å²) in [7, 11) is 3.09. The Bertz CT molecular complexity index is 462. The zero-order valence-electron chi connectivity index (χ0n) is 12.7. The van der Waals surface area contributed by atoms with Gasteiger partial charge in [-0.05, 0) is 30.9 Å². The summed E-state index contributed by atoms with van der Waals surface area (Å²) in [4.78, 5) is 12.6. The van der Waals surface area contributed by atoms with Crippen molar-refractivity contribution in [3.8, 4) is 11.5 Å². The van der Waals surface area contributed by atoms with Gasteiger partial charge in [-0.1, -0.05) is 18.9 Å². The van der Waals surface area contributed by atoms with Gasteiger partial charge in [0.25, 0.3) is 5.91 Å². The number of nitrogens with two attached hydrogens (primary N) is 1. The minimum Gasteiger partial charge on any atom is -0.496 e. The molecule has 21 heavy (non-hydrogen) atoms. The summed E-state index contributed by atoms with van der Waals surface area (Å²) in [5.41, 5.74) is 6.27. The average Bonchev–Trinajstić information content (AvgIpc) is 3.05. The molecule has 0 saturated heterocycles. The molecular formula is C16H24N2O3. The second kappa shape index (κ2) is 7.31.